The van der Waals surface area contributed by atoms with Crippen LogP contribution in [-0.2, 0) is 4.79 Å². The molecule has 15 heavy (non-hydrogen) atoms. The highest BCUT2D eigenvalue weighted by Gasteiger charge is 2.46. The van der Waals surface area contributed by atoms with Crippen molar-refractivity contribution in [3.05, 3.63) is 0 Å². The Labute approximate surface area is 91.2 Å². The highest BCUT2D eigenvalue weighted by Crippen LogP contribution is 2.40. The van der Waals surface area contributed by atoms with E-state index < -0.39 is 0 Å². The van der Waals surface area contributed by atoms with Gasteiger partial charge in [-0.1, -0.05) is 6.42 Å². The Kier molecular flexibility index (Phi) is 2.98. The highest BCUT2D eigenvalue weighted by molar-refractivity contribution is 5.79. The first-order valence-electron chi connectivity index (χ1n) is 5.94. The zero-order valence-corrected chi connectivity index (χ0v) is 9.46. The van der Waals surface area contributed by atoms with Crippen molar-refractivity contribution in [1.82, 2.24) is 10.4 Å². The van der Waals surface area contributed by atoms with Gasteiger partial charge in [-0.05, 0) is 38.6 Å². The Morgan fingerprint density at radius 2 is 2.33 bits per heavy atom. The fraction of sp³-hybridized carbons (Fsp3) is 0.909. The first-order valence-corrected chi connectivity index (χ1v) is 5.94. The standard InChI is InChI=1S/C11H21N3O/c1-11(9-4-2-5-9)8-10(15)14(13-11)7-3-6-12/h9,13H,2-8,12H2,1H3. The van der Waals surface area contributed by atoms with Crippen molar-refractivity contribution in [3.63, 3.8) is 0 Å². The van der Waals surface area contributed by atoms with Gasteiger partial charge >= 0.3 is 0 Å². The summed E-state index contributed by atoms with van der Waals surface area (Å²) < 4.78 is 0. The van der Waals surface area contributed by atoms with Crippen LogP contribution >= 0.6 is 0 Å². The number of hydrogen-bond acceptors (Lipinski definition) is 3. The van der Waals surface area contributed by atoms with E-state index in [0.717, 1.165) is 13.0 Å². The third-order valence-electron chi connectivity index (χ3n) is 3.80. The summed E-state index contributed by atoms with van der Waals surface area (Å²) >= 11 is 0. The van der Waals surface area contributed by atoms with Crippen LogP contribution < -0.4 is 11.2 Å². The fourth-order valence-electron chi connectivity index (χ4n) is 2.53. The Balaban J connectivity index is 1.92. The van der Waals surface area contributed by atoms with Crippen molar-refractivity contribution < 1.29 is 4.79 Å². The van der Waals surface area contributed by atoms with Crippen molar-refractivity contribution in [2.75, 3.05) is 13.1 Å². The van der Waals surface area contributed by atoms with E-state index in [1.165, 1.54) is 19.3 Å². The SMILES string of the molecule is CC1(C2CCC2)CC(=O)N(CCCN)N1. The zero-order chi connectivity index (χ0) is 10.9. The summed E-state index contributed by atoms with van der Waals surface area (Å²) in [6.07, 6.45) is 5.38. The molecule has 1 saturated heterocycles. The molecule has 2 aliphatic rings. The maximum atomic E-state index is 11.8. The number of nitrogens with one attached hydrogen (secondary N) is 1. The topological polar surface area (TPSA) is 58.4 Å². The second-order valence-electron chi connectivity index (χ2n) is 5.02. The molecule has 1 unspecified atom stereocenters. The number of hydrazine groups is 1. The maximum absolute atomic E-state index is 11.8. The van der Waals surface area contributed by atoms with Gasteiger partial charge < -0.3 is 5.73 Å². The molecule has 1 amide bonds. The summed E-state index contributed by atoms with van der Waals surface area (Å²) in [5.74, 6) is 0.919. The molecule has 0 aromatic carbocycles. The number of nitrogens with zero attached hydrogens (tertiary/aromatic N) is 1. The molecule has 1 heterocycles. The minimum absolute atomic E-state index is 0.0178. The van der Waals surface area contributed by atoms with Gasteiger partial charge in [0.2, 0.25) is 5.91 Å². The van der Waals surface area contributed by atoms with E-state index in [4.69, 9.17) is 5.73 Å². The van der Waals surface area contributed by atoms with E-state index in [-0.39, 0.29) is 11.4 Å². The molecule has 1 aliphatic heterocycles. The number of nitrogens with two attached hydrogens (primary N) is 1. The van der Waals surface area contributed by atoms with E-state index in [1.807, 2.05) is 0 Å². The minimum atomic E-state index is 0.0178. The molecule has 0 aromatic heterocycles. The van der Waals surface area contributed by atoms with Crippen LogP contribution in [0.4, 0.5) is 0 Å². The maximum Gasteiger partial charge on any atom is 0.238 e. The summed E-state index contributed by atoms with van der Waals surface area (Å²) in [4.78, 5) is 11.8. The van der Waals surface area contributed by atoms with Crippen molar-refractivity contribution in [2.45, 2.75) is 44.6 Å². The molecule has 4 heteroatoms. The normalized spacial score (nSPS) is 32.1. The molecular weight excluding hydrogens is 190 g/mol. The molecule has 0 radical (unpaired) electrons. The summed E-state index contributed by atoms with van der Waals surface area (Å²) in [7, 11) is 0. The van der Waals surface area contributed by atoms with Gasteiger partial charge in [0.25, 0.3) is 0 Å². The summed E-state index contributed by atoms with van der Waals surface area (Å²) in [5.41, 5.74) is 8.85. The molecule has 3 N–H and O–H groups in total. The van der Waals surface area contributed by atoms with Crippen molar-refractivity contribution in [1.29, 1.82) is 0 Å². The number of carbonyl (C=O) groups is 1. The van der Waals surface area contributed by atoms with Crippen molar-refractivity contribution >= 4 is 5.91 Å². The average molecular weight is 211 g/mol. The lowest BCUT2D eigenvalue weighted by Gasteiger charge is -2.40. The second kappa shape index (κ2) is 4.10. The van der Waals surface area contributed by atoms with Gasteiger partial charge in [-0.25, -0.2) is 5.43 Å². The van der Waals surface area contributed by atoms with Crippen LogP contribution in [0.2, 0.25) is 0 Å². The lowest BCUT2D eigenvalue weighted by molar-refractivity contribution is -0.129. The monoisotopic (exact) mass is 211 g/mol. The predicted molar refractivity (Wildman–Crippen MR) is 58.9 cm³/mol. The van der Waals surface area contributed by atoms with E-state index in [1.54, 1.807) is 5.01 Å². The van der Waals surface area contributed by atoms with Gasteiger partial charge in [0.1, 0.15) is 0 Å². The van der Waals surface area contributed by atoms with Gasteiger partial charge in [-0.15, -0.1) is 0 Å². The Hall–Kier alpha value is -0.610. The predicted octanol–water partition coefficient (Wildman–Crippen LogP) is 0.631. The molecule has 86 valence electrons. The van der Waals surface area contributed by atoms with Gasteiger partial charge in [0, 0.05) is 18.5 Å². The zero-order valence-electron chi connectivity index (χ0n) is 9.46. The molecule has 4 nitrogen and oxygen atoms in total. The van der Waals surface area contributed by atoms with E-state index >= 15 is 0 Å². The molecule has 0 aromatic rings. The van der Waals surface area contributed by atoms with Gasteiger partial charge in [0.15, 0.2) is 0 Å². The Bertz CT molecular complexity index is 252. The number of carbonyl (C=O) groups excluding carboxylic acids is 1. The first-order chi connectivity index (χ1) is 7.15. The van der Waals surface area contributed by atoms with Crippen LogP contribution in [0.3, 0.4) is 0 Å². The molecule has 1 atom stereocenters. The van der Waals surface area contributed by atoms with Crippen LogP contribution in [0.5, 0.6) is 0 Å². The second-order valence-corrected chi connectivity index (χ2v) is 5.02. The lowest BCUT2D eigenvalue weighted by Crippen LogP contribution is -2.51. The fourth-order valence-corrected chi connectivity index (χ4v) is 2.53. The third-order valence-corrected chi connectivity index (χ3v) is 3.80. The van der Waals surface area contributed by atoms with E-state index in [9.17, 15) is 4.79 Å². The first kappa shape index (κ1) is 10.9. The average Bonchev–Trinajstić information content (AvgIpc) is 2.35. The van der Waals surface area contributed by atoms with Crippen LogP contribution in [0.15, 0.2) is 0 Å². The molecule has 1 saturated carbocycles. The smallest absolute Gasteiger partial charge is 0.238 e. The molecule has 1 aliphatic carbocycles. The summed E-state index contributed by atoms with van der Waals surface area (Å²) in [6.45, 7) is 3.57. The highest BCUT2D eigenvalue weighted by atomic mass is 16.2. The third kappa shape index (κ3) is 2.01. The Morgan fingerprint density at radius 3 is 2.87 bits per heavy atom. The number of hydrogen-bond donors (Lipinski definition) is 2. The minimum Gasteiger partial charge on any atom is -0.330 e. The summed E-state index contributed by atoms with van der Waals surface area (Å²) in [5, 5.41) is 1.77. The van der Waals surface area contributed by atoms with Gasteiger partial charge in [-0.2, -0.15) is 0 Å². The van der Waals surface area contributed by atoms with Crippen molar-refractivity contribution in [3.8, 4) is 0 Å². The van der Waals surface area contributed by atoms with Crippen LogP contribution in [0.1, 0.15) is 39.0 Å². The van der Waals surface area contributed by atoms with E-state index in [0.29, 0.717) is 18.9 Å². The lowest BCUT2D eigenvalue weighted by atomic mass is 9.71. The molecule has 2 rings (SSSR count). The number of rotatable bonds is 4. The quantitative estimate of drug-likeness (QED) is 0.717. The van der Waals surface area contributed by atoms with Crippen molar-refractivity contribution in [2.24, 2.45) is 11.7 Å². The Morgan fingerprint density at radius 1 is 1.60 bits per heavy atom. The molecule has 2 fully saturated rings. The van der Waals surface area contributed by atoms with Gasteiger partial charge in [-0.3, -0.25) is 9.80 Å². The molecule has 0 spiro atoms. The van der Waals surface area contributed by atoms with Crippen LogP contribution in [0.25, 0.3) is 0 Å². The molecule has 0 bridgehead atoms. The van der Waals surface area contributed by atoms with Crippen LogP contribution in [0, 0.1) is 5.92 Å². The molecular formula is C11H21N3O. The number of amides is 1. The van der Waals surface area contributed by atoms with E-state index in [2.05, 4.69) is 12.3 Å². The van der Waals surface area contributed by atoms with Crippen LogP contribution in [-0.4, -0.2) is 29.5 Å². The summed E-state index contributed by atoms with van der Waals surface area (Å²) in [6, 6.07) is 0. The van der Waals surface area contributed by atoms with Gasteiger partial charge in [0.05, 0.1) is 0 Å². The largest absolute Gasteiger partial charge is 0.330 e.